The number of thiophene rings is 1. The number of carbonyl (C=O) groups excluding carboxylic acids is 2. The summed E-state index contributed by atoms with van der Waals surface area (Å²) in [7, 11) is 0. The second-order valence-corrected chi connectivity index (χ2v) is 6.37. The minimum atomic E-state index is -1.09. The van der Waals surface area contributed by atoms with Crippen molar-refractivity contribution in [2.24, 2.45) is 17.2 Å². The third-order valence-electron chi connectivity index (χ3n) is 3.37. The number of aliphatic carboxylic acids is 1. The van der Waals surface area contributed by atoms with Crippen molar-refractivity contribution in [3.63, 3.8) is 0 Å². The van der Waals surface area contributed by atoms with Crippen LogP contribution in [0.2, 0.25) is 0 Å². The molecule has 8 N–H and O–H groups in total. The molecule has 1 aromatic heterocycles. The number of nitrogens with two attached hydrogens (primary N) is 3. The van der Waals surface area contributed by atoms with Crippen molar-refractivity contribution in [3.8, 4) is 16.2 Å². The van der Waals surface area contributed by atoms with Gasteiger partial charge in [0.2, 0.25) is 0 Å². The van der Waals surface area contributed by atoms with Gasteiger partial charge in [0, 0.05) is 11.3 Å². The third-order valence-corrected chi connectivity index (χ3v) is 4.47. The molecule has 2 aromatic rings. The Hall–Kier alpha value is -3.11. The fourth-order valence-corrected chi connectivity index (χ4v) is 3.15. The molecule has 1 atom stereocenters. The molecule has 0 aliphatic carbocycles. The van der Waals surface area contributed by atoms with Gasteiger partial charge in [-0.15, -0.1) is 11.3 Å². The number of ether oxygens (including phenoxy) is 1. The molecule has 3 amide bonds. The van der Waals surface area contributed by atoms with E-state index >= 15 is 0 Å². The van der Waals surface area contributed by atoms with E-state index in [4.69, 9.17) is 27.0 Å². The first-order valence-corrected chi connectivity index (χ1v) is 8.31. The summed E-state index contributed by atoms with van der Waals surface area (Å²) in [5.74, 6) is -1.26. The number of anilines is 1. The van der Waals surface area contributed by atoms with Gasteiger partial charge in [-0.2, -0.15) is 0 Å². The van der Waals surface area contributed by atoms with Crippen LogP contribution in [0.1, 0.15) is 16.8 Å². The standard InChI is InChI=1S/C16H18N4O5S/c17-11(15(22)23)4-5-25-9-3-1-2-8(6-9)12-7-10(13(18)21)14(26-12)20-16(19)24/h1-3,6-7,11H,4-5,17H2,(H2,18,21)(H,22,23)(H3,19,20,24)/t11-/m0/s1. The highest BCUT2D eigenvalue weighted by Gasteiger charge is 2.16. The number of benzene rings is 1. The molecule has 0 unspecified atom stereocenters. The van der Waals surface area contributed by atoms with Crippen molar-refractivity contribution in [2.75, 3.05) is 11.9 Å². The largest absolute Gasteiger partial charge is 0.493 e. The Bertz CT molecular complexity index is 836. The molecular weight excluding hydrogens is 360 g/mol. The number of hydrogen-bond donors (Lipinski definition) is 5. The van der Waals surface area contributed by atoms with Crippen LogP contribution in [0.4, 0.5) is 9.80 Å². The monoisotopic (exact) mass is 378 g/mol. The number of amides is 3. The van der Waals surface area contributed by atoms with Gasteiger partial charge in [-0.25, -0.2) is 4.79 Å². The van der Waals surface area contributed by atoms with E-state index in [-0.39, 0.29) is 23.6 Å². The maximum Gasteiger partial charge on any atom is 0.320 e. The maximum absolute atomic E-state index is 11.5. The van der Waals surface area contributed by atoms with Gasteiger partial charge >= 0.3 is 12.0 Å². The molecule has 26 heavy (non-hydrogen) atoms. The van der Waals surface area contributed by atoms with Crippen molar-refractivity contribution in [3.05, 3.63) is 35.9 Å². The Morgan fingerprint density at radius 2 is 1.96 bits per heavy atom. The highest BCUT2D eigenvalue weighted by molar-refractivity contribution is 7.20. The van der Waals surface area contributed by atoms with Crippen LogP contribution >= 0.6 is 11.3 Å². The molecule has 1 heterocycles. The lowest BCUT2D eigenvalue weighted by Gasteiger charge is -2.09. The van der Waals surface area contributed by atoms with Crippen molar-refractivity contribution in [1.82, 2.24) is 0 Å². The molecule has 0 aliphatic heterocycles. The average Bonchev–Trinajstić information content (AvgIpc) is 2.98. The highest BCUT2D eigenvalue weighted by Crippen LogP contribution is 2.36. The fraction of sp³-hybridized carbons (Fsp3) is 0.188. The van der Waals surface area contributed by atoms with E-state index in [0.29, 0.717) is 10.6 Å². The van der Waals surface area contributed by atoms with E-state index < -0.39 is 23.9 Å². The van der Waals surface area contributed by atoms with Gasteiger partial charge in [0.05, 0.1) is 12.2 Å². The molecule has 0 bridgehead atoms. The lowest BCUT2D eigenvalue weighted by Crippen LogP contribution is -2.31. The number of rotatable bonds is 8. The van der Waals surface area contributed by atoms with Crippen molar-refractivity contribution in [1.29, 1.82) is 0 Å². The van der Waals surface area contributed by atoms with Gasteiger partial charge < -0.3 is 27.0 Å². The molecule has 0 spiro atoms. The number of urea groups is 1. The Morgan fingerprint density at radius 3 is 2.58 bits per heavy atom. The maximum atomic E-state index is 11.5. The van der Waals surface area contributed by atoms with E-state index in [2.05, 4.69) is 5.32 Å². The van der Waals surface area contributed by atoms with Crippen molar-refractivity contribution in [2.45, 2.75) is 12.5 Å². The predicted octanol–water partition coefficient (Wildman–Crippen LogP) is 1.19. The molecule has 138 valence electrons. The molecule has 0 saturated heterocycles. The topological polar surface area (TPSA) is 171 Å². The smallest absolute Gasteiger partial charge is 0.320 e. The third kappa shape index (κ3) is 4.94. The quantitative estimate of drug-likeness (QED) is 0.461. The first kappa shape index (κ1) is 19.2. The van der Waals surface area contributed by atoms with Crippen molar-refractivity contribution >= 4 is 34.2 Å². The van der Waals surface area contributed by atoms with Gasteiger partial charge in [-0.3, -0.25) is 14.9 Å². The second-order valence-electron chi connectivity index (χ2n) is 5.32. The van der Waals surface area contributed by atoms with E-state index in [1.54, 1.807) is 30.3 Å². The van der Waals surface area contributed by atoms with Gasteiger partial charge in [0.1, 0.15) is 16.8 Å². The highest BCUT2D eigenvalue weighted by atomic mass is 32.1. The summed E-state index contributed by atoms with van der Waals surface area (Å²) in [6, 6.07) is 6.73. The number of carboxylic acid groups (broad SMARTS) is 1. The zero-order valence-electron chi connectivity index (χ0n) is 13.6. The SMILES string of the molecule is NC(=O)Nc1sc(-c2cccc(OCC[C@H](N)C(=O)O)c2)cc1C(N)=O. The molecule has 2 rings (SSSR count). The van der Waals surface area contributed by atoms with Gasteiger partial charge in [0.25, 0.3) is 5.91 Å². The molecule has 10 heteroatoms. The second kappa shape index (κ2) is 8.32. The van der Waals surface area contributed by atoms with Crippen LogP contribution in [0.25, 0.3) is 10.4 Å². The molecule has 0 saturated carbocycles. The predicted molar refractivity (Wildman–Crippen MR) is 97.2 cm³/mol. The Balaban J connectivity index is 2.17. The van der Waals surface area contributed by atoms with Crippen LogP contribution in [0.5, 0.6) is 5.75 Å². The number of primary amides is 2. The summed E-state index contributed by atoms with van der Waals surface area (Å²) in [5.41, 5.74) is 16.7. The Labute approximate surface area is 152 Å². The van der Waals surface area contributed by atoms with E-state index in [1.165, 1.54) is 0 Å². The lowest BCUT2D eigenvalue weighted by molar-refractivity contribution is -0.138. The van der Waals surface area contributed by atoms with E-state index in [9.17, 15) is 14.4 Å². The number of hydrogen-bond acceptors (Lipinski definition) is 6. The van der Waals surface area contributed by atoms with Crippen LogP contribution < -0.4 is 27.3 Å². The first-order valence-electron chi connectivity index (χ1n) is 7.49. The molecule has 0 radical (unpaired) electrons. The normalized spacial score (nSPS) is 11.6. The zero-order chi connectivity index (χ0) is 19.3. The summed E-state index contributed by atoms with van der Waals surface area (Å²) >= 11 is 1.14. The van der Waals surface area contributed by atoms with Crippen LogP contribution in [0.15, 0.2) is 30.3 Å². The number of carboxylic acids is 1. The molecule has 0 aliphatic rings. The fourth-order valence-electron chi connectivity index (χ4n) is 2.09. The minimum absolute atomic E-state index is 0.141. The summed E-state index contributed by atoms with van der Waals surface area (Å²) in [6.45, 7) is 0.141. The number of nitrogens with one attached hydrogen (secondary N) is 1. The van der Waals surface area contributed by atoms with Crippen LogP contribution in [-0.2, 0) is 4.79 Å². The van der Waals surface area contributed by atoms with E-state index in [0.717, 1.165) is 16.9 Å². The molecular formula is C16H18N4O5S. The van der Waals surface area contributed by atoms with Crippen LogP contribution in [-0.4, -0.2) is 35.7 Å². The Kier molecular flexibility index (Phi) is 6.15. The Morgan fingerprint density at radius 1 is 1.23 bits per heavy atom. The summed E-state index contributed by atoms with van der Waals surface area (Å²) < 4.78 is 5.52. The van der Waals surface area contributed by atoms with Crippen LogP contribution in [0.3, 0.4) is 0 Å². The summed E-state index contributed by atoms with van der Waals surface area (Å²) in [4.78, 5) is 34.0. The average molecular weight is 378 g/mol. The van der Waals surface area contributed by atoms with Gasteiger partial charge in [-0.05, 0) is 23.8 Å². The summed E-state index contributed by atoms with van der Waals surface area (Å²) in [6.07, 6.45) is 0.164. The van der Waals surface area contributed by atoms with Crippen LogP contribution in [0, 0.1) is 0 Å². The van der Waals surface area contributed by atoms with E-state index in [1.807, 2.05) is 0 Å². The molecule has 0 fully saturated rings. The lowest BCUT2D eigenvalue weighted by atomic mass is 10.1. The summed E-state index contributed by atoms with van der Waals surface area (Å²) in [5, 5.41) is 11.4. The molecule has 1 aromatic carbocycles. The van der Waals surface area contributed by atoms with Gasteiger partial charge in [0.15, 0.2) is 0 Å². The first-order chi connectivity index (χ1) is 12.3. The van der Waals surface area contributed by atoms with Gasteiger partial charge in [-0.1, -0.05) is 12.1 Å². The number of carbonyl (C=O) groups is 3. The zero-order valence-corrected chi connectivity index (χ0v) is 14.4. The molecule has 9 nitrogen and oxygen atoms in total. The minimum Gasteiger partial charge on any atom is -0.493 e. The van der Waals surface area contributed by atoms with Crippen molar-refractivity contribution < 1.29 is 24.2 Å².